The minimum atomic E-state index is -0.308. The quantitative estimate of drug-likeness (QED) is 0.429. The van der Waals surface area contributed by atoms with E-state index >= 15 is 0 Å². The van der Waals surface area contributed by atoms with Gasteiger partial charge in [0.2, 0.25) is 0 Å². The van der Waals surface area contributed by atoms with Crippen LogP contribution in [-0.2, 0) is 19.0 Å². The first-order chi connectivity index (χ1) is 14.5. The molecular weight excluding hydrogens is 382 g/mol. The first-order valence-corrected chi connectivity index (χ1v) is 10.2. The summed E-state index contributed by atoms with van der Waals surface area (Å²) >= 11 is 0. The summed E-state index contributed by atoms with van der Waals surface area (Å²) in [4.78, 5) is 14.8. The molecule has 4 atom stereocenters. The zero-order valence-corrected chi connectivity index (χ0v) is 18.0. The van der Waals surface area contributed by atoms with Gasteiger partial charge in [-0.3, -0.25) is 4.79 Å². The van der Waals surface area contributed by atoms with Gasteiger partial charge in [-0.1, -0.05) is 12.2 Å². The van der Waals surface area contributed by atoms with E-state index in [1.54, 1.807) is 26.2 Å². The van der Waals surface area contributed by atoms with Crippen molar-refractivity contribution in [3.05, 3.63) is 60.8 Å². The van der Waals surface area contributed by atoms with Crippen LogP contribution in [0.2, 0.25) is 0 Å². The number of fused-ring (bicyclic) bond motifs is 2. The Bertz CT molecular complexity index is 800. The molecule has 1 aromatic rings. The number of allylic oxidation sites excluding steroid dienone is 1. The van der Waals surface area contributed by atoms with Crippen LogP contribution in [0, 0.1) is 5.92 Å². The Labute approximate surface area is 178 Å². The average Bonchev–Trinajstić information content (AvgIpc) is 2.73. The lowest BCUT2D eigenvalue weighted by molar-refractivity contribution is -0.176. The van der Waals surface area contributed by atoms with Crippen molar-refractivity contribution >= 4 is 11.5 Å². The van der Waals surface area contributed by atoms with Crippen molar-refractivity contribution < 1.29 is 23.7 Å². The van der Waals surface area contributed by atoms with E-state index in [2.05, 4.69) is 18.1 Å². The van der Waals surface area contributed by atoms with E-state index in [4.69, 9.17) is 18.9 Å². The summed E-state index contributed by atoms with van der Waals surface area (Å²) in [5, 5.41) is 0. The number of ether oxygens (including phenoxy) is 4. The highest BCUT2D eigenvalue weighted by Gasteiger charge is 2.48. The molecule has 0 N–H and O–H groups in total. The highest BCUT2D eigenvalue weighted by molar-refractivity contribution is 5.95. The molecule has 2 aliphatic rings. The maximum atomic E-state index is 12.7. The summed E-state index contributed by atoms with van der Waals surface area (Å²) in [7, 11) is 1.64. The largest absolute Gasteiger partial charge is 0.497 e. The highest BCUT2D eigenvalue weighted by Crippen LogP contribution is 2.44. The van der Waals surface area contributed by atoms with Gasteiger partial charge in [0.15, 0.2) is 5.78 Å². The van der Waals surface area contributed by atoms with Gasteiger partial charge in [-0.2, -0.15) is 0 Å². The van der Waals surface area contributed by atoms with Crippen LogP contribution in [0.15, 0.2) is 60.8 Å². The van der Waals surface area contributed by atoms with E-state index in [1.807, 2.05) is 31.2 Å². The topological polar surface area (TPSA) is 57.2 Å². The smallest absolute Gasteiger partial charge is 0.157 e. The number of Topliss-reactive ketones (excluding diaryl/α,β-unsaturated/α-hetero) is 1. The van der Waals surface area contributed by atoms with Crippen molar-refractivity contribution in [1.29, 1.82) is 0 Å². The Morgan fingerprint density at radius 2 is 1.93 bits per heavy atom. The zero-order valence-electron chi connectivity index (χ0n) is 18.0. The molecule has 6 nitrogen and oxygen atoms in total. The van der Waals surface area contributed by atoms with Gasteiger partial charge >= 0.3 is 0 Å². The minimum Gasteiger partial charge on any atom is -0.497 e. The summed E-state index contributed by atoms with van der Waals surface area (Å²) in [6, 6.07) is 7.78. The van der Waals surface area contributed by atoms with Gasteiger partial charge < -0.3 is 23.8 Å². The van der Waals surface area contributed by atoms with E-state index in [9.17, 15) is 4.79 Å². The monoisotopic (exact) mass is 413 g/mol. The van der Waals surface area contributed by atoms with Crippen LogP contribution in [-0.4, -0.2) is 51.1 Å². The predicted molar refractivity (Wildman–Crippen MR) is 117 cm³/mol. The summed E-state index contributed by atoms with van der Waals surface area (Å²) in [5.41, 5.74) is 2.63. The van der Waals surface area contributed by atoms with E-state index in [1.165, 1.54) is 0 Å². The standard InChI is InChI=1S/C24H31NO5/c1-6-12-28-15-21-24(29-13-7-2)20-14-22(30-21)25(16(3)23(20)17(4)26)18-8-10-19(27-5)11-9-18/h6-11,20-22,24H,1-2,12-15H2,3-5H3/t20?,21-,22?,24+/m1/s1. The van der Waals surface area contributed by atoms with Crippen molar-refractivity contribution in [3.8, 4) is 5.75 Å². The van der Waals surface area contributed by atoms with Crippen molar-refractivity contribution in [3.63, 3.8) is 0 Å². The summed E-state index contributed by atoms with van der Waals surface area (Å²) in [6.45, 7) is 12.2. The van der Waals surface area contributed by atoms with Crippen molar-refractivity contribution in [2.24, 2.45) is 5.92 Å². The van der Waals surface area contributed by atoms with Crippen LogP contribution in [0.4, 0.5) is 5.69 Å². The Morgan fingerprint density at radius 1 is 1.23 bits per heavy atom. The Hall–Kier alpha value is -2.41. The molecule has 30 heavy (non-hydrogen) atoms. The molecule has 1 fully saturated rings. The third-order valence-electron chi connectivity index (χ3n) is 5.61. The van der Waals surface area contributed by atoms with Gasteiger partial charge in [0, 0.05) is 29.3 Å². The second-order valence-electron chi connectivity index (χ2n) is 7.51. The fraction of sp³-hybridized carbons (Fsp3) is 0.458. The first kappa shape index (κ1) is 22.3. The van der Waals surface area contributed by atoms with Gasteiger partial charge in [0.05, 0.1) is 33.0 Å². The van der Waals surface area contributed by atoms with Crippen LogP contribution < -0.4 is 9.64 Å². The van der Waals surface area contributed by atoms with Crippen LogP contribution >= 0.6 is 0 Å². The number of hydrogen-bond acceptors (Lipinski definition) is 6. The second-order valence-corrected chi connectivity index (χ2v) is 7.51. The number of anilines is 1. The fourth-order valence-corrected chi connectivity index (χ4v) is 4.43. The van der Waals surface area contributed by atoms with Crippen LogP contribution in [0.5, 0.6) is 5.75 Å². The van der Waals surface area contributed by atoms with Gasteiger partial charge in [0.25, 0.3) is 0 Å². The number of methoxy groups -OCH3 is 1. The summed E-state index contributed by atoms with van der Waals surface area (Å²) < 4.78 is 23.5. The maximum absolute atomic E-state index is 12.7. The Balaban J connectivity index is 2.00. The van der Waals surface area contributed by atoms with Gasteiger partial charge in [-0.05, 0) is 38.1 Å². The van der Waals surface area contributed by atoms with Crippen molar-refractivity contribution in [2.75, 3.05) is 31.8 Å². The van der Waals surface area contributed by atoms with Crippen LogP contribution in [0.3, 0.4) is 0 Å². The molecular formula is C24H31NO5. The molecule has 0 aromatic heterocycles. The van der Waals surface area contributed by atoms with Crippen molar-refractivity contribution in [1.82, 2.24) is 0 Å². The highest BCUT2D eigenvalue weighted by atomic mass is 16.6. The molecule has 2 aliphatic heterocycles. The van der Waals surface area contributed by atoms with Crippen LogP contribution in [0.25, 0.3) is 0 Å². The molecule has 0 aliphatic carbocycles. The molecule has 162 valence electrons. The molecule has 1 saturated heterocycles. The molecule has 3 rings (SSSR count). The van der Waals surface area contributed by atoms with Gasteiger partial charge in [-0.15, -0.1) is 13.2 Å². The lowest BCUT2D eigenvalue weighted by Gasteiger charge is -2.50. The molecule has 0 saturated carbocycles. The van der Waals surface area contributed by atoms with Gasteiger partial charge in [0.1, 0.15) is 18.1 Å². The number of rotatable bonds is 10. The third kappa shape index (κ3) is 4.51. The predicted octanol–water partition coefficient (Wildman–Crippen LogP) is 3.88. The minimum absolute atomic E-state index is 0.0503. The van der Waals surface area contributed by atoms with E-state index in [-0.39, 0.29) is 30.1 Å². The lowest BCUT2D eigenvalue weighted by atomic mass is 9.78. The number of carbonyl (C=O) groups is 1. The SMILES string of the molecule is C=CCOC[C@H]1OC2CC(C(C(C)=O)=C(C)N2c2ccc(OC)cc2)[C@@H]1OCC=C. The van der Waals surface area contributed by atoms with Gasteiger partial charge in [-0.25, -0.2) is 0 Å². The fourth-order valence-electron chi connectivity index (χ4n) is 4.43. The average molecular weight is 414 g/mol. The molecule has 0 spiro atoms. The second kappa shape index (κ2) is 10.1. The number of ketones is 1. The number of carbonyl (C=O) groups excluding carboxylic acids is 1. The number of hydrogen-bond donors (Lipinski definition) is 0. The summed E-state index contributed by atoms with van der Waals surface area (Å²) in [5.74, 6) is 0.766. The van der Waals surface area contributed by atoms with Crippen molar-refractivity contribution in [2.45, 2.75) is 38.7 Å². The normalized spacial score (nSPS) is 25.8. The number of benzene rings is 1. The van der Waals surface area contributed by atoms with E-state index in [0.717, 1.165) is 22.7 Å². The molecule has 0 amide bonds. The Kier molecular flexibility index (Phi) is 7.48. The molecule has 2 heterocycles. The summed E-state index contributed by atoms with van der Waals surface area (Å²) in [6.07, 6.45) is 3.28. The first-order valence-electron chi connectivity index (χ1n) is 10.2. The van der Waals surface area contributed by atoms with E-state index in [0.29, 0.717) is 26.2 Å². The third-order valence-corrected chi connectivity index (χ3v) is 5.61. The molecule has 6 heteroatoms. The molecule has 2 unspecified atom stereocenters. The molecule has 2 bridgehead atoms. The lowest BCUT2D eigenvalue weighted by Crippen LogP contribution is -2.58. The molecule has 0 radical (unpaired) electrons. The Morgan fingerprint density at radius 3 is 2.53 bits per heavy atom. The van der Waals surface area contributed by atoms with E-state index < -0.39 is 0 Å². The zero-order chi connectivity index (χ0) is 21.7. The number of nitrogens with zero attached hydrogens (tertiary/aromatic N) is 1. The molecule has 1 aromatic carbocycles. The van der Waals surface area contributed by atoms with Crippen LogP contribution in [0.1, 0.15) is 20.3 Å². The maximum Gasteiger partial charge on any atom is 0.157 e.